The van der Waals surface area contributed by atoms with Crippen molar-refractivity contribution < 1.29 is 4.79 Å². The molecule has 1 aromatic rings. The van der Waals surface area contributed by atoms with Gasteiger partial charge in [-0.1, -0.05) is 0 Å². The number of aromatic nitrogens is 2. The zero-order valence-electron chi connectivity index (χ0n) is 10.0. The molecule has 0 radical (unpaired) electrons. The lowest BCUT2D eigenvalue weighted by Gasteiger charge is -2.33. The fraction of sp³-hybridized carbons (Fsp3) is 0.667. The molecule has 0 bridgehead atoms. The Hall–Kier alpha value is -1.32. The van der Waals surface area contributed by atoms with E-state index in [1.165, 1.54) is 6.42 Å². The van der Waals surface area contributed by atoms with Crippen molar-refractivity contribution in [3.8, 4) is 0 Å². The fourth-order valence-electron chi connectivity index (χ4n) is 2.31. The lowest BCUT2D eigenvalue weighted by molar-refractivity contribution is 0.0623. The molecule has 1 aromatic heterocycles. The van der Waals surface area contributed by atoms with Crippen LogP contribution in [0.5, 0.6) is 0 Å². The number of carbonyl (C=O) groups is 1. The summed E-state index contributed by atoms with van der Waals surface area (Å²) in [5, 5.41) is 4.14. The molecule has 0 unspecified atom stereocenters. The topological polar surface area (TPSA) is 38.1 Å². The van der Waals surface area contributed by atoms with Crippen molar-refractivity contribution in [3.63, 3.8) is 0 Å². The highest BCUT2D eigenvalue weighted by atomic mass is 16.2. The molecular weight excluding hydrogens is 202 g/mol. The molecule has 2 heterocycles. The smallest absolute Gasteiger partial charge is 0.272 e. The van der Waals surface area contributed by atoms with E-state index in [0.717, 1.165) is 31.6 Å². The summed E-state index contributed by atoms with van der Waals surface area (Å²) in [5.74, 6) is 0.131. The lowest BCUT2D eigenvalue weighted by Crippen LogP contribution is -2.42. The molecule has 1 aliphatic rings. The maximum Gasteiger partial charge on any atom is 0.272 e. The predicted octanol–water partition coefficient (Wildman–Crippen LogP) is 1.92. The first kappa shape index (κ1) is 11.2. The van der Waals surface area contributed by atoms with Crippen molar-refractivity contribution in [2.24, 2.45) is 0 Å². The highest BCUT2D eigenvalue weighted by Gasteiger charge is 2.25. The van der Waals surface area contributed by atoms with E-state index < -0.39 is 0 Å². The van der Waals surface area contributed by atoms with Crippen molar-refractivity contribution in [2.75, 3.05) is 6.54 Å². The Kier molecular flexibility index (Phi) is 3.27. The standard InChI is InChI=1S/C12H19N3O/c1-3-15-11(7-8-13-15)12(16)14-9-5-4-6-10(14)2/h7-8,10H,3-6,9H2,1-2H3/t10-/m1/s1. The second-order valence-electron chi connectivity index (χ2n) is 4.38. The van der Waals surface area contributed by atoms with Gasteiger partial charge in [-0.25, -0.2) is 0 Å². The van der Waals surface area contributed by atoms with Gasteiger partial charge in [-0.3, -0.25) is 9.48 Å². The van der Waals surface area contributed by atoms with Crippen LogP contribution in [-0.2, 0) is 6.54 Å². The minimum absolute atomic E-state index is 0.131. The van der Waals surface area contributed by atoms with Gasteiger partial charge in [-0.05, 0) is 39.2 Å². The van der Waals surface area contributed by atoms with Crippen molar-refractivity contribution in [2.45, 2.75) is 45.7 Å². The van der Waals surface area contributed by atoms with Gasteiger partial charge in [0.15, 0.2) is 0 Å². The van der Waals surface area contributed by atoms with E-state index in [-0.39, 0.29) is 5.91 Å². The molecule has 0 spiro atoms. The molecule has 1 saturated heterocycles. The number of amides is 1. The molecule has 4 heteroatoms. The number of carbonyl (C=O) groups excluding carboxylic acids is 1. The SMILES string of the molecule is CCn1nccc1C(=O)N1CCCC[C@H]1C. The Bertz CT molecular complexity index is 372. The summed E-state index contributed by atoms with van der Waals surface area (Å²) in [6.07, 6.45) is 5.17. The first-order valence-electron chi connectivity index (χ1n) is 6.06. The Labute approximate surface area is 96.2 Å². The number of rotatable bonds is 2. The van der Waals surface area contributed by atoms with Gasteiger partial charge in [0.05, 0.1) is 0 Å². The summed E-state index contributed by atoms with van der Waals surface area (Å²) in [6, 6.07) is 2.18. The molecule has 88 valence electrons. The molecule has 16 heavy (non-hydrogen) atoms. The van der Waals surface area contributed by atoms with Crippen LogP contribution in [0.1, 0.15) is 43.6 Å². The summed E-state index contributed by atoms with van der Waals surface area (Å²) in [4.78, 5) is 14.3. The monoisotopic (exact) mass is 221 g/mol. The second-order valence-corrected chi connectivity index (χ2v) is 4.38. The van der Waals surface area contributed by atoms with E-state index in [9.17, 15) is 4.79 Å². The fourth-order valence-corrected chi connectivity index (χ4v) is 2.31. The van der Waals surface area contributed by atoms with E-state index in [2.05, 4.69) is 12.0 Å². The third kappa shape index (κ3) is 1.96. The summed E-state index contributed by atoms with van der Waals surface area (Å²) in [5.41, 5.74) is 0.719. The van der Waals surface area contributed by atoms with Crippen molar-refractivity contribution in [1.82, 2.24) is 14.7 Å². The highest BCUT2D eigenvalue weighted by Crippen LogP contribution is 2.18. The molecule has 0 saturated carbocycles. The average Bonchev–Trinajstić information content (AvgIpc) is 2.77. The molecule has 1 fully saturated rings. The maximum atomic E-state index is 12.3. The van der Waals surface area contributed by atoms with Gasteiger partial charge in [-0.2, -0.15) is 5.10 Å². The van der Waals surface area contributed by atoms with Gasteiger partial charge in [-0.15, -0.1) is 0 Å². The number of nitrogens with zero attached hydrogens (tertiary/aromatic N) is 3. The Balaban J connectivity index is 2.17. The zero-order chi connectivity index (χ0) is 11.5. The third-order valence-electron chi connectivity index (χ3n) is 3.30. The largest absolute Gasteiger partial charge is 0.335 e. The Morgan fingerprint density at radius 3 is 3.06 bits per heavy atom. The Morgan fingerprint density at radius 1 is 1.56 bits per heavy atom. The Morgan fingerprint density at radius 2 is 2.38 bits per heavy atom. The van der Waals surface area contributed by atoms with E-state index in [1.54, 1.807) is 10.9 Å². The average molecular weight is 221 g/mol. The number of aryl methyl sites for hydroxylation is 1. The summed E-state index contributed by atoms with van der Waals surface area (Å²) in [7, 11) is 0. The predicted molar refractivity (Wildman–Crippen MR) is 62.3 cm³/mol. The number of piperidine rings is 1. The van der Waals surface area contributed by atoms with Crippen LogP contribution in [0.25, 0.3) is 0 Å². The molecule has 0 aromatic carbocycles. The van der Waals surface area contributed by atoms with Crippen LogP contribution in [0, 0.1) is 0 Å². The third-order valence-corrected chi connectivity index (χ3v) is 3.30. The highest BCUT2D eigenvalue weighted by molar-refractivity contribution is 5.92. The number of hydrogen-bond acceptors (Lipinski definition) is 2. The van der Waals surface area contributed by atoms with Crippen molar-refractivity contribution in [1.29, 1.82) is 0 Å². The molecule has 4 nitrogen and oxygen atoms in total. The maximum absolute atomic E-state index is 12.3. The van der Waals surface area contributed by atoms with Crippen LogP contribution in [0.4, 0.5) is 0 Å². The van der Waals surface area contributed by atoms with Gasteiger partial charge in [0.2, 0.25) is 0 Å². The summed E-state index contributed by atoms with van der Waals surface area (Å²) < 4.78 is 1.77. The van der Waals surface area contributed by atoms with Gasteiger partial charge in [0.25, 0.3) is 5.91 Å². The molecule has 0 N–H and O–H groups in total. The van der Waals surface area contributed by atoms with E-state index >= 15 is 0 Å². The van der Waals surface area contributed by atoms with Gasteiger partial charge < -0.3 is 4.90 Å². The van der Waals surface area contributed by atoms with Crippen LogP contribution >= 0.6 is 0 Å². The van der Waals surface area contributed by atoms with Crippen molar-refractivity contribution in [3.05, 3.63) is 18.0 Å². The van der Waals surface area contributed by atoms with Crippen molar-refractivity contribution >= 4 is 5.91 Å². The van der Waals surface area contributed by atoms with Crippen LogP contribution in [0.3, 0.4) is 0 Å². The van der Waals surface area contributed by atoms with Crippen LogP contribution in [0.15, 0.2) is 12.3 Å². The quantitative estimate of drug-likeness (QED) is 0.765. The summed E-state index contributed by atoms with van der Waals surface area (Å²) in [6.45, 7) is 5.76. The number of likely N-dealkylation sites (tertiary alicyclic amines) is 1. The van der Waals surface area contributed by atoms with Gasteiger partial charge in [0, 0.05) is 25.3 Å². The molecule has 1 aliphatic heterocycles. The first-order valence-corrected chi connectivity index (χ1v) is 6.06. The van der Waals surface area contributed by atoms with Crippen LogP contribution in [-0.4, -0.2) is 33.2 Å². The lowest BCUT2D eigenvalue weighted by atomic mass is 10.0. The van der Waals surface area contributed by atoms with E-state index in [4.69, 9.17) is 0 Å². The van der Waals surface area contributed by atoms with E-state index in [0.29, 0.717) is 6.04 Å². The molecular formula is C12H19N3O. The van der Waals surface area contributed by atoms with Gasteiger partial charge >= 0.3 is 0 Å². The molecule has 1 atom stereocenters. The van der Waals surface area contributed by atoms with E-state index in [1.807, 2.05) is 17.9 Å². The minimum atomic E-state index is 0.131. The number of hydrogen-bond donors (Lipinski definition) is 0. The molecule has 0 aliphatic carbocycles. The zero-order valence-corrected chi connectivity index (χ0v) is 10.0. The second kappa shape index (κ2) is 4.68. The van der Waals surface area contributed by atoms with Crippen LogP contribution in [0.2, 0.25) is 0 Å². The van der Waals surface area contributed by atoms with Gasteiger partial charge in [0.1, 0.15) is 5.69 Å². The molecule has 2 rings (SSSR count). The molecule has 1 amide bonds. The normalized spacial score (nSPS) is 21.1. The first-order chi connectivity index (χ1) is 7.74. The minimum Gasteiger partial charge on any atom is -0.335 e. The summed E-state index contributed by atoms with van der Waals surface area (Å²) >= 11 is 0. The van der Waals surface area contributed by atoms with Crippen LogP contribution < -0.4 is 0 Å².